The van der Waals surface area contributed by atoms with Gasteiger partial charge in [0.1, 0.15) is 5.75 Å². The number of rotatable bonds is 12. The van der Waals surface area contributed by atoms with Crippen LogP contribution in [-0.4, -0.2) is 57.1 Å². The molecule has 0 aliphatic carbocycles. The SMILES string of the molecule is O=C(CCCCCCC(=O)ON1C(=O)CC(S(=O)(=O)O)C1=O)Oc1ccc(CO)c([N+](=O)[O-])c1.[H-].[Na+]. The molecule has 1 aliphatic heterocycles. The molecule has 1 aliphatic rings. The van der Waals surface area contributed by atoms with Gasteiger partial charge in [0, 0.05) is 12.8 Å². The minimum Gasteiger partial charge on any atom is -1.00 e. The Kier molecular flexibility index (Phi) is 11.9. The summed E-state index contributed by atoms with van der Waals surface area (Å²) in [5.74, 6) is -3.99. The molecule has 0 aromatic heterocycles. The van der Waals surface area contributed by atoms with Gasteiger partial charge in [0.25, 0.3) is 27.6 Å². The van der Waals surface area contributed by atoms with Crippen LogP contribution < -0.4 is 34.3 Å². The fraction of sp³-hybridized carbons (Fsp3) is 0.474. The Hall–Kier alpha value is -2.43. The number of ether oxygens (including phenoxy) is 1. The summed E-state index contributed by atoms with van der Waals surface area (Å²) in [6.07, 6.45) is 0.685. The van der Waals surface area contributed by atoms with Gasteiger partial charge in [0.2, 0.25) is 0 Å². The van der Waals surface area contributed by atoms with Crippen LogP contribution in [0.2, 0.25) is 0 Å². The summed E-state index contributed by atoms with van der Waals surface area (Å²) < 4.78 is 36.1. The zero-order valence-corrected chi connectivity index (χ0v) is 21.6. The maximum Gasteiger partial charge on any atom is 1.00 e. The largest absolute Gasteiger partial charge is 1.00 e. The number of aliphatic hydroxyl groups is 1. The first-order chi connectivity index (χ1) is 15.9. The number of carbonyl (C=O) groups excluding carboxylic acids is 4. The Labute approximate surface area is 223 Å². The smallest absolute Gasteiger partial charge is 1.00 e. The van der Waals surface area contributed by atoms with E-state index in [1.165, 1.54) is 12.1 Å². The molecule has 1 atom stereocenters. The van der Waals surface area contributed by atoms with Gasteiger partial charge in [-0.25, -0.2) is 4.79 Å². The number of carbonyl (C=O) groups is 4. The number of amides is 2. The van der Waals surface area contributed by atoms with Crippen molar-refractivity contribution >= 4 is 39.6 Å². The van der Waals surface area contributed by atoms with Crippen molar-refractivity contribution in [3.05, 3.63) is 33.9 Å². The van der Waals surface area contributed by atoms with Crippen LogP contribution in [0.1, 0.15) is 51.9 Å². The Morgan fingerprint density at radius 3 is 2.26 bits per heavy atom. The second-order valence-electron chi connectivity index (χ2n) is 7.29. The van der Waals surface area contributed by atoms with Gasteiger partial charge in [-0.05, 0) is 25.0 Å². The van der Waals surface area contributed by atoms with Crippen LogP contribution in [-0.2, 0) is 40.7 Å². The predicted octanol–water partition coefficient (Wildman–Crippen LogP) is -2.08. The molecule has 2 N–H and O–H groups in total. The molecule has 0 saturated carbocycles. The zero-order valence-electron chi connectivity index (χ0n) is 19.7. The van der Waals surface area contributed by atoms with Crippen molar-refractivity contribution < 1.29 is 82.7 Å². The van der Waals surface area contributed by atoms with Gasteiger partial charge in [0.05, 0.1) is 29.6 Å². The van der Waals surface area contributed by atoms with Crippen molar-refractivity contribution in [2.24, 2.45) is 0 Å². The number of unbranched alkanes of at least 4 members (excludes halogenated alkanes) is 3. The van der Waals surface area contributed by atoms with E-state index >= 15 is 0 Å². The number of nitrogens with zero attached hydrogens (tertiary/aromatic N) is 2. The van der Waals surface area contributed by atoms with Crippen LogP contribution in [0.5, 0.6) is 5.75 Å². The van der Waals surface area contributed by atoms with E-state index in [0.717, 1.165) is 6.07 Å². The van der Waals surface area contributed by atoms with Crippen LogP contribution in [0.4, 0.5) is 5.69 Å². The maximum absolute atomic E-state index is 11.9. The van der Waals surface area contributed by atoms with E-state index in [1.807, 2.05) is 0 Å². The van der Waals surface area contributed by atoms with Crippen LogP contribution in [0.15, 0.2) is 18.2 Å². The topological polar surface area (TPSA) is 208 Å². The first-order valence-electron chi connectivity index (χ1n) is 10.1. The molecule has 1 saturated heterocycles. The van der Waals surface area contributed by atoms with E-state index in [-0.39, 0.29) is 65.9 Å². The van der Waals surface area contributed by atoms with Gasteiger partial charge in [-0.2, -0.15) is 8.42 Å². The van der Waals surface area contributed by atoms with Crippen molar-refractivity contribution in [3.8, 4) is 5.75 Å². The molecule has 2 amide bonds. The number of aliphatic hydroxyl groups excluding tert-OH is 1. The molecular formula is C19H23N2NaO12S. The third kappa shape index (κ3) is 8.94. The van der Waals surface area contributed by atoms with Gasteiger partial charge in [-0.3, -0.25) is 29.1 Å². The molecular weight excluding hydrogens is 503 g/mol. The second-order valence-corrected chi connectivity index (χ2v) is 8.89. The van der Waals surface area contributed by atoms with Crippen LogP contribution in [0.3, 0.4) is 0 Å². The number of benzene rings is 1. The molecule has 1 aromatic carbocycles. The summed E-state index contributed by atoms with van der Waals surface area (Å²) in [5, 5.41) is 18.1. The second kappa shape index (κ2) is 13.6. The molecule has 2 rings (SSSR count). The molecule has 1 heterocycles. The molecule has 1 unspecified atom stereocenters. The van der Waals surface area contributed by atoms with E-state index in [2.05, 4.69) is 4.84 Å². The number of hydrogen-bond acceptors (Lipinski definition) is 11. The molecule has 16 heteroatoms. The number of nitro groups is 1. The minimum absolute atomic E-state index is 0. The van der Waals surface area contributed by atoms with Crippen LogP contribution in [0, 0.1) is 10.1 Å². The number of nitro benzene ring substituents is 1. The monoisotopic (exact) mass is 526 g/mol. The fourth-order valence-electron chi connectivity index (χ4n) is 3.04. The third-order valence-electron chi connectivity index (χ3n) is 4.78. The average Bonchev–Trinajstić information content (AvgIpc) is 3.04. The maximum atomic E-state index is 11.9. The Morgan fingerprint density at radius 1 is 1.14 bits per heavy atom. The molecule has 0 radical (unpaired) electrons. The summed E-state index contributed by atoms with van der Waals surface area (Å²) in [6.45, 7) is -0.534. The van der Waals surface area contributed by atoms with Crippen molar-refractivity contribution in [3.63, 3.8) is 0 Å². The molecule has 0 bridgehead atoms. The van der Waals surface area contributed by atoms with Gasteiger partial charge in [-0.1, -0.05) is 12.8 Å². The normalized spacial score (nSPS) is 15.5. The first-order valence-corrected chi connectivity index (χ1v) is 11.6. The predicted molar refractivity (Wildman–Crippen MR) is 111 cm³/mol. The van der Waals surface area contributed by atoms with Gasteiger partial charge in [0.15, 0.2) is 5.25 Å². The summed E-state index contributed by atoms with van der Waals surface area (Å²) in [6, 6.07) is 3.66. The summed E-state index contributed by atoms with van der Waals surface area (Å²) in [5.41, 5.74) is -0.287. The van der Waals surface area contributed by atoms with Crippen molar-refractivity contribution in [1.29, 1.82) is 0 Å². The van der Waals surface area contributed by atoms with Crippen molar-refractivity contribution in [2.75, 3.05) is 0 Å². The van der Waals surface area contributed by atoms with Gasteiger partial charge < -0.3 is 16.1 Å². The number of imide groups is 1. The van der Waals surface area contributed by atoms with Gasteiger partial charge in [-0.15, -0.1) is 5.06 Å². The van der Waals surface area contributed by atoms with E-state index in [0.29, 0.717) is 25.7 Å². The van der Waals surface area contributed by atoms with Crippen LogP contribution in [0.25, 0.3) is 0 Å². The third-order valence-corrected chi connectivity index (χ3v) is 5.87. The van der Waals surface area contributed by atoms with E-state index < -0.39 is 57.1 Å². The Balaban J connectivity index is 0.00000612. The Bertz CT molecular complexity index is 1100. The summed E-state index contributed by atoms with van der Waals surface area (Å²) in [4.78, 5) is 62.0. The first kappa shape index (κ1) is 30.6. The van der Waals surface area contributed by atoms with E-state index in [9.17, 15) is 37.7 Å². The molecule has 1 aromatic rings. The van der Waals surface area contributed by atoms with E-state index in [1.54, 1.807) is 0 Å². The standard InChI is InChI=1S/C19H22N2O12S.Na.H/c22-11-12-7-8-13(9-14(12)21(27)28)32-17(24)5-3-1-2-4-6-18(25)33-20-16(23)10-15(19(20)26)34(29,30)31;;/h7-9,15,22H,1-6,10-11H2,(H,29,30,31);;/q;+1;-1. The summed E-state index contributed by atoms with van der Waals surface area (Å²) in [7, 11) is -4.80. The summed E-state index contributed by atoms with van der Waals surface area (Å²) >= 11 is 0. The molecule has 35 heavy (non-hydrogen) atoms. The average molecular weight is 526 g/mol. The molecule has 1 fully saturated rings. The number of hydroxylamine groups is 2. The number of hydrogen-bond donors (Lipinski definition) is 2. The quantitative estimate of drug-likeness (QED) is 0.0440. The molecule has 14 nitrogen and oxygen atoms in total. The van der Waals surface area contributed by atoms with Crippen LogP contribution >= 0.6 is 0 Å². The zero-order chi connectivity index (χ0) is 25.5. The van der Waals surface area contributed by atoms with Gasteiger partial charge >= 0.3 is 41.5 Å². The molecule has 0 spiro atoms. The number of esters is 1. The van der Waals surface area contributed by atoms with Crippen molar-refractivity contribution in [2.45, 2.75) is 56.8 Å². The molecule has 188 valence electrons. The Morgan fingerprint density at radius 2 is 1.74 bits per heavy atom. The van der Waals surface area contributed by atoms with Crippen molar-refractivity contribution in [1.82, 2.24) is 5.06 Å². The minimum atomic E-state index is -4.80. The fourth-order valence-corrected chi connectivity index (χ4v) is 3.75. The van der Waals surface area contributed by atoms with E-state index in [4.69, 9.17) is 14.4 Å².